The van der Waals surface area contributed by atoms with Crippen molar-refractivity contribution in [1.82, 2.24) is 4.90 Å². The fraction of sp³-hybridized carbons (Fsp3) is 0.429. The van der Waals surface area contributed by atoms with Gasteiger partial charge in [-0.15, -0.1) is 0 Å². The van der Waals surface area contributed by atoms with Crippen LogP contribution in [0.25, 0.3) is 0 Å². The molecule has 1 saturated heterocycles. The van der Waals surface area contributed by atoms with Gasteiger partial charge in [0.15, 0.2) is 0 Å². The molecule has 2 aromatic carbocycles. The molecule has 4 nitrogen and oxygen atoms in total. The predicted octanol–water partition coefficient (Wildman–Crippen LogP) is 3.33. The van der Waals surface area contributed by atoms with Gasteiger partial charge in [-0.05, 0) is 17.7 Å². The maximum absolute atomic E-state index is 5.81. The van der Waals surface area contributed by atoms with Crippen molar-refractivity contribution in [3.8, 4) is 5.75 Å². The Morgan fingerprint density at radius 3 is 2.38 bits per heavy atom. The lowest BCUT2D eigenvalue weighted by molar-refractivity contribution is 0.112. The molecule has 1 heterocycles. The molecule has 5 heteroatoms. The van der Waals surface area contributed by atoms with Crippen molar-refractivity contribution in [2.45, 2.75) is 11.9 Å². The molecule has 0 saturated carbocycles. The molecule has 1 aliphatic rings. The van der Waals surface area contributed by atoms with E-state index in [1.807, 2.05) is 30.3 Å². The predicted molar refractivity (Wildman–Crippen MR) is 111 cm³/mol. The Morgan fingerprint density at radius 2 is 1.65 bits per heavy atom. The lowest BCUT2D eigenvalue weighted by atomic mass is 10.2. The summed E-state index contributed by atoms with van der Waals surface area (Å²) in [5, 5.41) is 0.233. The zero-order chi connectivity index (χ0) is 18.2. The SMILES string of the molecule is COc1ccccc1N1CCN(C[C@@H](S)COCc2ccccc2)CC1. The maximum Gasteiger partial charge on any atom is 0.142 e. The van der Waals surface area contributed by atoms with Crippen LogP contribution in [0.15, 0.2) is 54.6 Å². The summed E-state index contributed by atoms with van der Waals surface area (Å²) in [6.07, 6.45) is 0. The third kappa shape index (κ3) is 5.40. The van der Waals surface area contributed by atoms with Crippen molar-refractivity contribution in [3.05, 3.63) is 60.2 Å². The largest absolute Gasteiger partial charge is 0.495 e. The Kier molecular flexibility index (Phi) is 7.23. The molecule has 0 radical (unpaired) electrons. The monoisotopic (exact) mass is 372 g/mol. The van der Waals surface area contributed by atoms with Crippen LogP contribution in [0, 0.1) is 0 Å². The lowest BCUT2D eigenvalue weighted by Gasteiger charge is -2.37. The zero-order valence-corrected chi connectivity index (χ0v) is 16.3. The minimum atomic E-state index is 0.233. The molecule has 140 valence electrons. The summed E-state index contributed by atoms with van der Waals surface area (Å²) in [4.78, 5) is 4.87. The van der Waals surface area contributed by atoms with Crippen molar-refractivity contribution in [1.29, 1.82) is 0 Å². The number of para-hydroxylation sites is 2. The molecule has 3 rings (SSSR count). The van der Waals surface area contributed by atoms with Crippen molar-refractivity contribution in [2.24, 2.45) is 0 Å². The molecule has 2 aromatic rings. The van der Waals surface area contributed by atoms with E-state index >= 15 is 0 Å². The second kappa shape index (κ2) is 9.86. The summed E-state index contributed by atoms with van der Waals surface area (Å²) in [5.41, 5.74) is 2.39. The minimum Gasteiger partial charge on any atom is -0.495 e. The minimum absolute atomic E-state index is 0.233. The normalized spacial score (nSPS) is 16.5. The van der Waals surface area contributed by atoms with Gasteiger partial charge >= 0.3 is 0 Å². The summed E-state index contributed by atoms with van der Waals surface area (Å²) >= 11 is 4.71. The van der Waals surface area contributed by atoms with Crippen LogP contribution in [0.2, 0.25) is 0 Å². The summed E-state index contributed by atoms with van der Waals surface area (Å²) < 4.78 is 11.3. The smallest absolute Gasteiger partial charge is 0.142 e. The Labute approximate surface area is 162 Å². The van der Waals surface area contributed by atoms with E-state index in [1.165, 1.54) is 11.3 Å². The molecule has 1 atom stereocenters. The highest BCUT2D eigenvalue weighted by Crippen LogP contribution is 2.28. The van der Waals surface area contributed by atoms with Gasteiger partial charge in [0, 0.05) is 38.0 Å². The Balaban J connectivity index is 1.39. The van der Waals surface area contributed by atoms with Crippen molar-refractivity contribution in [2.75, 3.05) is 51.3 Å². The van der Waals surface area contributed by atoms with Crippen molar-refractivity contribution < 1.29 is 9.47 Å². The number of anilines is 1. The van der Waals surface area contributed by atoms with Crippen LogP contribution in [-0.4, -0.2) is 56.6 Å². The van der Waals surface area contributed by atoms with Crippen LogP contribution in [0.1, 0.15) is 5.56 Å². The average Bonchev–Trinajstić information content (AvgIpc) is 2.69. The molecule has 0 unspecified atom stereocenters. The molecular formula is C21H28N2O2S. The van der Waals surface area contributed by atoms with E-state index in [9.17, 15) is 0 Å². The number of nitrogens with zero attached hydrogens (tertiary/aromatic N) is 2. The van der Waals surface area contributed by atoms with Crippen LogP contribution in [-0.2, 0) is 11.3 Å². The van der Waals surface area contributed by atoms with Gasteiger partial charge in [-0.3, -0.25) is 4.90 Å². The van der Waals surface area contributed by atoms with E-state index in [2.05, 4.69) is 34.1 Å². The van der Waals surface area contributed by atoms with E-state index in [4.69, 9.17) is 22.1 Å². The van der Waals surface area contributed by atoms with Crippen LogP contribution in [0.5, 0.6) is 5.75 Å². The highest BCUT2D eigenvalue weighted by atomic mass is 32.1. The van der Waals surface area contributed by atoms with Gasteiger partial charge in [0.1, 0.15) is 5.75 Å². The molecule has 1 aliphatic heterocycles. The fourth-order valence-corrected chi connectivity index (χ4v) is 3.64. The molecular weight excluding hydrogens is 344 g/mol. The lowest BCUT2D eigenvalue weighted by Crippen LogP contribution is -2.48. The molecule has 0 aromatic heterocycles. The molecule has 1 fully saturated rings. The topological polar surface area (TPSA) is 24.9 Å². The number of rotatable bonds is 8. The standard InChI is InChI=1S/C21H28N2O2S/c1-24-21-10-6-5-9-20(21)23-13-11-22(12-14-23)15-19(26)17-25-16-18-7-3-2-4-8-18/h2-10,19,26H,11-17H2,1H3/t19-/m1/s1. The van der Waals surface area contributed by atoms with Crippen LogP contribution >= 0.6 is 12.6 Å². The fourth-order valence-electron chi connectivity index (χ4n) is 3.30. The molecule has 26 heavy (non-hydrogen) atoms. The van der Waals surface area contributed by atoms with Gasteiger partial charge in [0.05, 0.1) is 26.0 Å². The van der Waals surface area contributed by atoms with E-state index < -0.39 is 0 Å². The van der Waals surface area contributed by atoms with Gasteiger partial charge < -0.3 is 14.4 Å². The first-order valence-corrected chi connectivity index (χ1v) is 9.68. The number of benzene rings is 2. The van der Waals surface area contributed by atoms with Crippen LogP contribution in [0.3, 0.4) is 0 Å². The quantitative estimate of drug-likeness (QED) is 0.719. The zero-order valence-electron chi connectivity index (χ0n) is 15.4. The Bertz CT molecular complexity index is 660. The third-order valence-corrected chi connectivity index (χ3v) is 5.00. The molecule has 0 bridgehead atoms. The first kappa shape index (κ1) is 19.1. The summed E-state index contributed by atoms with van der Waals surface area (Å²) in [6, 6.07) is 18.5. The van der Waals surface area contributed by atoms with Gasteiger partial charge in [0.2, 0.25) is 0 Å². The van der Waals surface area contributed by atoms with Gasteiger partial charge in [-0.1, -0.05) is 42.5 Å². The summed E-state index contributed by atoms with van der Waals surface area (Å²) in [5.74, 6) is 0.947. The third-order valence-electron chi connectivity index (χ3n) is 4.69. The summed E-state index contributed by atoms with van der Waals surface area (Å²) in [7, 11) is 1.73. The second-order valence-electron chi connectivity index (χ2n) is 6.61. The molecule has 0 aliphatic carbocycles. The van der Waals surface area contributed by atoms with E-state index in [1.54, 1.807) is 7.11 Å². The molecule has 0 N–H and O–H groups in total. The Hall–Kier alpha value is -1.69. The van der Waals surface area contributed by atoms with Gasteiger partial charge in [0.25, 0.3) is 0 Å². The van der Waals surface area contributed by atoms with Crippen molar-refractivity contribution >= 4 is 18.3 Å². The first-order valence-electron chi connectivity index (χ1n) is 9.16. The van der Waals surface area contributed by atoms with Crippen LogP contribution < -0.4 is 9.64 Å². The highest BCUT2D eigenvalue weighted by molar-refractivity contribution is 7.81. The second-order valence-corrected chi connectivity index (χ2v) is 7.34. The number of ether oxygens (including phenoxy) is 2. The number of hydrogen-bond donors (Lipinski definition) is 1. The maximum atomic E-state index is 5.81. The average molecular weight is 373 g/mol. The van der Waals surface area contributed by atoms with E-state index in [-0.39, 0.29) is 5.25 Å². The number of thiol groups is 1. The van der Waals surface area contributed by atoms with Gasteiger partial charge in [-0.25, -0.2) is 0 Å². The van der Waals surface area contributed by atoms with E-state index in [0.29, 0.717) is 13.2 Å². The molecule has 0 spiro atoms. The van der Waals surface area contributed by atoms with Crippen molar-refractivity contribution in [3.63, 3.8) is 0 Å². The highest BCUT2D eigenvalue weighted by Gasteiger charge is 2.20. The number of hydrogen-bond acceptors (Lipinski definition) is 5. The van der Waals surface area contributed by atoms with E-state index in [0.717, 1.165) is 38.5 Å². The van der Waals surface area contributed by atoms with Crippen LogP contribution in [0.4, 0.5) is 5.69 Å². The molecule has 0 amide bonds. The number of piperazine rings is 1. The number of methoxy groups -OCH3 is 1. The first-order chi connectivity index (χ1) is 12.8. The summed E-state index contributed by atoms with van der Waals surface area (Å²) in [6.45, 7) is 6.36. The van der Waals surface area contributed by atoms with Gasteiger partial charge in [-0.2, -0.15) is 12.6 Å². The Morgan fingerprint density at radius 1 is 0.962 bits per heavy atom.